The third kappa shape index (κ3) is 4.03. The summed E-state index contributed by atoms with van der Waals surface area (Å²) >= 11 is 2.03. The molecule has 5 aromatic rings. The average molecular weight is 544 g/mol. The number of rotatable bonds is 4. The maximum Gasteiger partial charge on any atom is 0.160 e. The van der Waals surface area contributed by atoms with Crippen LogP contribution in [0, 0.1) is 21.0 Å². The number of hydrogen-bond donors (Lipinski definition) is 0. The lowest BCUT2D eigenvalue weighted by Crippen LogP contribution is -1.96. The molecule has 0 bridgehead atoms. The van der Waals surface area contributed by atoms with Crippen molar-refractivity contribution in [3.63, 3.8) is 0 Å². The standard InChI is InChI=1S/C23H12F3IN4O/c24-13-8-14(27)10-16(9-13)32-23-3-1-2-20-17(23)5-7-21(28-20)22-12-31(30-29-22)15-4-6-18(25)19(26)11-15/h1-12H. The lowest BCUT2D eigenvalue weighted by atomic mass is 10.1. The number of pyridine rings is 1. The quantitative estimate of drug-likeness (QED) is 0.250. The number of hydrogen-bond acceptors (Lipinski definition) is 4. The van der Waals surface area contributed by atoms with E-state index in [2.05, 4.69) is 15.3 Å². The van der Waals surface area contributed by atoms with Crippen molar-refractivity contribution in [2.24, 2.45) is 0 Å². The van der Waals surface area contributed by atoms with E-state index in [0.717, 1.165) is 21.1 Å². The second-order valence-electron chi connectivity index (χ2n) is 6.87. The van der Waals surface area contributed by atoms with Crippen LogP contribution in [0.25, 0.3) is 28.0 Å². The second kappa shape index (κ2) is 8.23. The Morgan fingerprint density at radius 2 is 1.72 bits per heavy atom. The molecule has 2 heterocycles. The molecule has 5 nitrogen and oxygen atoms in total. The monoisotopic (exact) mass is 544 g/mol. The van der Waals surface area contributed by atoms with Gasteiger partial charge in [-0.2, -0.15) is 0 Å². The van der Waals surface area contributed by atoms with Crippen molar-refractivity contribution in [2.75, 3.05) is 0 Å². The first-order valence-corrected chi connectivity index (χ1v) is 10.5. The molecule has 5 rings (SSSR count). The fraction of sp³-hybridized carbons (Fsp3) is 0. The third-order valence-corrected chi connectivity index (χ3v) is 5.30. The van der Waals surface area contributed by atoms with E-state index in [0.29, 0.717) is 34.1 Å². The van der Waals surface area contributed by atoms with E-state index in [4.69, 9.17) is 4.74 Å². The van der Waals surface area contributed by atoms with E-state index in [-0.39, 0.29) is 5.82 Å². The van der Waals surface area contributed by atoms with Crippen molar-refractivity contribution >= 4 is 33.5 Å². The molecular formula is C23H12F3IN4O. The maximum atomic E-state index is 13.7. The van der Waals surface area contributed by atoms with Gasteiger partial charge >= 0.3 is 0 Å². The highest BCUT2D eigenvalue weighted by atomic mass is 127. The first-order chi connectivity index (χ1) is 15.5. The lowest BCUT2D eigenvalue weighted by molar-refractivity contribution is 0.481. The van der Waals surface area contributed by atoms with Gasteiger partial charge in [-0.1, -0.05) is 11.3 Å². The van der Waals surface area contributed by atoms with Gasteiger partial charge in [-0.15, -0.1) is 5.10 Å². The van der Waals surface area contributed by atoms with E-state index in [9.17, 15) is 13.2 Å². The van der Waals surface area contributed by atoms with E-state index in [1.54, 1.807) is 30.5 Å². The minimum absolute atomic E-state index is 0.337. The van der Waals surface area contributed by atoms with Crippen LogP contribution in [0.3, 0.4) is 0 Å². The smallest absolute Gasteiger partial charge is 0.160 e. The molecule has 158 valence electrons. The molecule has 0 N–H and O–H groups in total. The highest BCUT2D eigenvalue weighted by molar-refractivity contribution is 14.1. The van der Waals surface area contributed by atoms with Gasteiger partial charge in [0.2, 0.25) is 0 Å². The Bertz CT molecular complexity index is 1450. The van der Waals surface area contributed by atoms with Gasteiger partial charge in [-0.25, -0.2) is 22.8 Å². The second-order valence-corrected chi connectivity index (χ2v) is 8.12. The van der Waals surface area contributed by atoms with Gasteiger partial charge in [0.25, 0.3) is 0 Å². The van der Waals surface area contributed by atoms with Gasteiger partial charge in [0, 0.05) is 21.1 Å². The van der Waals surface area contributed by atoms with E-state index >= 15 is 0 Å². The van der Waals surface area contributed by atoms with Gasteiger partial charge in [0.1, 0.15) is 23.0 Å². The first kappa shape index (κ1) is 20.4. The highest BCUT2D eigenvalue weighted by Crippen LogP contribution is 2.31. The summed E-state index contributed by atoms with van der Waals surface area (Å²) < 4.78 is 48.4. The normalized spacial score (nSPS) is 11.1. The number of benzene rings is 3. The number of nitrogens with zero attached hydrogens (tertiary/aromatic N) is 4. The Labute approximate surface area is 193 Å². The third-order valence-electron chi connectivity index (χ3n) is 4.68. The van der Waals surface area contributed by atoms with Crippen LogP contribution in [-0.2, 0) is 0 Å². The van der Waals surface area contributed by atoms with Crippen LogP contribution in [0.2, 0.25) is 0 Å². The van der Waals surface area contributed by atoms with Crippen LogP contribution >= 0.6 is 22.6 Å². The summed E-state index contributed by atoms with van der Waals surface area (Å²) in [6.07, 6.45) is 1.58. The predicted octanol–water partition coefficient (Wildman–Crippen LogP) is 6.30. The van der Waals surface area contributed by atoms with Gasteiger partial charge in [-0.05, 0) is 71.1 Å². The number of fused-ring (bicyclic) bond motifs is 1. The zero-order chi connectivity index (χ0) is 22.2. The molecule has 0 aliphatic carbocycles. The highest BCUT2D eigenvalue weighted by Gasteiger charge is 2.12. The molecule has 32 heavy (non-hydrogen) atoms. The molecule has 0 saturated heterocycles. The molecule has 0 spiro atoms. The fourth-order valence-corrected chi connectivity index (χ4v) is 3.81. The predicted molar refractivity (Wildman–Crippen MR) is 121 cm³/mol. The van der Waals surface area contributed by atoms with Crippen molar-refractivity contribution in [3.8, 4) is 28.6 Å². The van der Waals surface area contributed by atoms with Crippen molar-refractivity contribution in [1.29, 1.82) is 0 Å². The van der Waals surface area contributed by atoms with Crippen LogP contribution in [0.1, 0.15) is 0 Å². The van der Waals surface area contributed by atoms with Crippen molar-refractivity contribution < 1.29 is 17.9 Å². The number of halogens is 4. The summed E-state index contributed by atoms with van der Waals surface area (Å²) in [4.78, 5) is 4.62. The van der Waals surface area contributed by atoms with E-state index in [1.165, 1.54) is 22.9 Å². The minimum Gasteiger partial charge on any atom is -0.457 e. The van der Waals surface area contributed by atoms with Gasteiger partial charge in [-0.3, -0.25) is 0 Å². The van der Waals surface area contributed by atoms with Gasteiger partial charge < -0.3 is 4.74 Å². The molecular weight excluding hydrogens is 532 g/mol. The molecule has 9 heteroatoms. The zero-order valence-electron chi connectivity index (χ0n) is 16.1. The Hall–Kier alpha value is -3.47. The summed E-state index contributed by atoms with van der Waals surface area (Å²) in [7, 11) is 0. The van der Waals surface area contributed by atoms with Crippen molar-refractivity contribution in [2.45, 2.75) is 0 Å². The summed E-state index contributed by atoms with van der Waals surface area (Å²) in [5, 5.41) is 8.81. The van der Waals surface area contributed by atoms with Crippen LogP contribution in [0.15, 0.2) is 72.9 Å². The average Bonchev–Trinajstić information content (AvgIpc) is 3.25. The molecule has 0 atom stereocenters. The molecule has 0 aliphatic rings. The Kier molecular flexibility index (Phi) is 5.25. The Morgan fingerprint density at radius 3 is 2.53 bits per heavy atom. The minimum atomic E-state index is -0.969. The number of ether oxygens (including phenoxy) is 1. The summed E-state index contributed by atoms with van der Waals surface area (Å²) in [6, 6.07) is 16.9. The van der Waals surface area contributed by atoms with Crippen molar-refractivity contribution in [1.82, 2.24) is 20.0 Å². The zero-order valence-corrected chi connectivity index (χ0v) is 18.3. The van der Waals surface area contributed by atoms with E-state index < -0.39 is 11.6 Å². The molecule has 3 aromatic carbocycles. The van der Waals surface area contributed by atoms with E-state index in [1.807, 2.05) is 34.7 Å². The molecule has 0 aliphatic heterocycles. The molecule has 0 amide bonds. The fourth-order valence-electron chi connectivity index (χ4n) is 3.21. The molecule has 0 unspecified atom stereocenters. The van der Waals surface area contributed by atoms with Crippen LogP contribution in [-0.4, -0.2) is 20.0 Å². The van der Waals surface area contributed by atoms with Crippen LogP contribution in [0.5, 0.6) is 11.5 Å². The molecule has 0 radical (unpaired) electrons. The Morgan fingerprint density at radius 1 is 0.844 bits per heavy atom. The largest absolute Gasteiger partial charge is 0.457 e. The SMILES string of the molecule is Fc1cc(I)cc(Oc2cccc3nc(-c4cn(-c5ccc(F)c(F)c5)nn4)ccc23)c1. The van der Waals surface area contributed by atoms with Gasteiger partial charge in [0.05, 0.1) is 23.1 Å². The lowest BCUT2D eigenvalue weighted by Gasteiger charge is -2.10. The molecule has 0 saturated carbocycles. The topological polar surface area (TPSA) is 52.8 Å². The molecule has 2 aromatic heterocycles. The van der Waals surface area contributed by atoms with Gasteiger partial charge in [0.15, 0.2) is 11.6 Å². The summed E-state index contributed by atoms with van der Waals surface area (Å²) in [5.41, 5.74) is 1.99. The van der Waals surface area contributed by atoms with Crippen molar-refractivity contribution in [3.05, 3.63) is 93.9 Å². The summed E-state index contributed by atoms with van der Waals surface area (Å²) in [6.45, 7) is 0. The van der Waals surface area contributed by atoms with Crippen LogP contribution in [0.4, 0.5) is 13.2 Å². The maximum absolute atomic E-state index is 13.7. The van der Waals surface area contributed by atoms with Crippen LogP contribution < -0.4 is 4.74 Å². The Balaban J connectivity index is 1.48. The number of aromatic nitrogens is 4. The first-order valence-electron chi connectivity index (χ1n) is 9.38. The molecule has 0 fully saturated rings. The summed E-state index contributed by atoms with van der Waals surface area (Å²) in [5.74, 6) is -1.36.